The quantitative estimate of drug-likeness (QED) is 0.686. The average molecular weight is 351 g/mol. The van der Waals surface area contributed by atoms with Crippen molar-refractivity contribution in [3.63, 3.8) is 0 Å². The predicted octanol–water partition coefficient (Wildman–Crippen LogP) is 4.40. The fourth-order valence-corrected chi connectivity index (χ4v) is 3.46. The number of rotatable bonds is 7. The van der Waals surface area contributed by atoms with E-state index < -0.39 is 0 Å². The Morgan fingerprint density at radius 1 is 1.20 bits per heavy atom. The van der Waals surface area contributed by atoms with Crippen molar-refractivity contribution in [3.05, 3.63) is 82.1 Å². The second-order valence-corrected chi connectivity index (χ2v) is 6.84. The van der Waals surface area contributed by atoms with Crippen LogP contribution in [0.2, 0.25) is 0 Å². The SMILES string of the molecule is CCCCc1ccc(C(NC(=O)c2cnccn2)c2cccs2)cc1. The molecular weight excluding hydrogens is 330 g/mol. The number of aryl methyl sites for hydroxylation is 1. The van der Waals surface area contributed by atoms with Gasteiger partial charge in [0.05, 0.1) is 12.2 Å². The van der Waals surface area contributed by atoms with Gasteiger partial charge in [0.15, 0.2) is 0 Å². The van der Waals surface area contributed by atoms with Crippen LogP contribution in [0.3, 0.4) is 0 Å². The zero-order chi connectivity index (χ0) is 17.5. The van der Waals surface area contributed by atoms with E-state index in [1.165, 1.54) is 30.8 Å². The number of hydrogen-bond donors (Lipinski definition) is 1. The molecular formula is C20H21N3OS. The average Bonchev–Trinajstić information content (AvgIpc) is 3.20. The molecule has 0 bridgehead atoms. The van der Waals surface area contributed by atoms with Crippen LogP contribution in [-0.2, 0) is 6.42 Å². The van der Waals surface area contributed by atoms with Crippen molar-refractivity contribution in [2.24, 2.45) is 0 Å². The van der Waals surface area contributed by atoms with Gasteiger partial charge in [0.25, 0.3) is 5.91 Å². The van der Waals surface area contributed by atoms with Gasteiger partial charge in [-0.25, -0.2) is 4.98 Å². The monoisotopic (exact) mass is 351 g/mol. The predicted molar refractivity (Wildman–Crippen MR) is 101 cm³/mol. The van der Waals surface area contributed by atoms with Gasteiger partial charge in [0.1, 0.15) is 5.69 Å². The molecule has 3 aromatic rings. The highest BCUT2D eigenvalue weighted by molar-refractivity contribution is 7.10. The van der Waals surface area contributed by atoms with Crippen molar-refractivity contribution < 1.29 is 4.79 Å². The van der Waals surface area contributed by atoms with Gasteiger partial charge in [-0.3, -0.25) is 9.78 Å². The van der Waals surface area contributed by atoms with Gasteiger partial charge < -0.3 is 5.32 Å². The molecule has 1 amide bonds. The van der Waals surface area contributed by atoms with Crippen LogP contribution in [-0.4, -0.2) is 15.9 Å². The van der Waals surface area contributed by atoms with Crippen LogP contribution in [0.25, 0.3) is 0 Å². The normalized spacial score (nSPS) is 11.9. The minimum Gasteiger partial charge on any atom is -0.339 e. The molecule has 0 saturated heterocycles. The van der Waals surface area contributed by atoms with Gasteiger partial charge in [0, 0.05) is 17.3 Å². The highest BCUT2D eigenvalue weighted by Crippen LogP contribution is 2.27. The van der Waals surface area contributed by atoms with Gasteiger partial charge >= 0.3 is 0 Å². The summed E-state index contributed by atoms with van der Waals surface area (Å²) in [6.45, 7) is 2.20. The molecule has 1 aromatic carbocycles. The van der Waals surface area contributed by atoms with Crippen LogP contribution in [0, 0.1) is 0 Å². The van der Waals surface area contributed by atoms with Crippen molar-refractivity contribution in [2.45, 2.75) is 32.2 Å². The van der Waals surface area contributed by atoms with Crippen molar-refractivity contribution in [2.75, 3.05) is 0 Å². The zero-order valence-corrected chi connectivity index (χ0v) is 15.0. The number of unbranched alkanes of at least 4 members (excludes halogenated alkanes) is 1. The second-order valence-electron chi connectivity index (χ2n) is 5.86. The summed E-state index contributed by atoms with van der Waals surface area (Å²) in [6.07, 6.45) is 8.03. The van der Waals surface area contributed by atoms with E-state index in [1.807, 2.05) is 17.5 Å². The first-order valence-corrected chi connectivity index (χ1v) is 9.35. The second kappa shape index (κ2) is 8.53. The Morgan fingerprint density at radius 2 is 2.04 bits per heavy atom. The summed E-state index contributed by atoms with van der Waals surface area (Å²) in [5.41, 5.74) is 2.72. The van der Waals surface area contributed by atoms with E-state index in [0.717, 1.165) is 16.9 Å². The number of thiophene rings is 1. The maximum absolute atomic E-state index is 12.5. The third-order valence-electron chi connectivity index (χ3n) is 4.03. The van der Waals surface area contributed by atoms with Gasteiger partial charge in [-0.2, -0.15) is 0 Å². The van der Waals surface area contributed by atoms with Crippen LogP contribution in [0.4, 0.5) is 0 Å². The summed E-state index contributed by atoms with van der Waals surface area (Å²) in [5.74, 6) is -0.221. The summed E-state index contributed by atoms with van der Waals surface area (Å²) in [4.78, 5) is 21.7. The maximum Gasteiger partial charge on any atom is 0.272 e. The summed E-state index contributed by atoms with van der Waals surface area (Å²) >= 11 is 1.63. The first-order chi connectivity index (χ1) is 12.3. The molecule has 0 fully saturated rings. The van der Waals surface area contributed by atoms with Gasteiger partial charge in [-0.1, -0.05) is 43.7 Å². The molecule has 2 heterocycles. The number of aromatic nitrogens is 2. The molecule has 1 N–H and O–H groups in total. The van der Waals surface area contributed by atoms with Gasteiger partial charge in [0.2, 0.25) is 0 Å². The van der Waals surface area contributed by atoms with E-state index in [4.69, 9.17) is 0 Å². The zero-order valence-electron chi connectivity index (χ0n) is 14.2. The van der Waals surface area contributed by atoms with Crippen LogP contribution in [0.5, 0.6) is 0 Å². The van der Waals surface area contributed by atoms with Crippen LogP contribution >= 0.6 is 11.3 Å². The van der Waals surface area contributed by atoms with Crippen LogP contribution < -0.4 is 5.32 Å². The summed E-state index contributed by atoms with van der Waals surface area (Å²) in [7, 11) is 0. The molecule has 4 nitrogen and oxygen atoms in total. The number of amides is 1. The van der Waals surface area contributed by atoms with Crippen LogP contribution in [0.1, 0.15) is 52.3 Å². The molecule has 128 valence electrons. The van der Waals surface area contributed by atoms with Crippen molar-refractivity contribution in [1.82, 2.24) is 15.3 Å². The van der Waals surface area contributed by atoms with Crippen molar-refractivity contribution in [1.29, 1.82) is 0 Å². The number of carbonyl (C=O) groups is 1. The number of nitrogens with zero attached hydrogens (tertiary/aromatic N) is 2. The molecule has 25 heavy (non-hydrogen) atoms. The minimum absolute atomic E-state index is 0.185. The lowest BCUT2D eigenvalue weighted by Gasteiger charge is -2.18. The summed E-state index contributed by atoms with van der Waals surface area (Å²) < 4.78 is 0. The molecule has 0 aliphatic heterocycles. The first kappa shape index (κ1) is 17.3. The molecule has 0 radical (unpaired) electrons. The summed E-state index contributed by atoms with van der Waals surface area (Å²) in [5, 5.41) is 5.10. The Balaban J connectivity index is 1.82. The third-order valence-corrected chi connectivity index (χ3v) is 4.97. The fraction of sp³-hybridized carbons (Fsp3) is 0.250. The highest BCUT2D eigenvalue weighted by atomic mass is 32.1. The largest absolute Gasteiger partial charge is 0.339 e. The lowest BCUT2D eigenvalue weighted by Crippen LogP contribution is -2.29. The molecule has 1 atom stereocenters. The first-order valence-electron chi connectivity index (χ1n) is 8.47. The Kier molecular flexibility index (Phi) is 5.90. The summed E-state index contributed by atoms with van der Waals surface area (Å²) in [6, 6.07) is 12.4. The molecule has 0 aliphatic carbocycles. The smallest absolute Gasteiger partial charge is 0.272 e. The lowest BCUT2D eigenvalue weighted by molar-refractivity contribution is 0.0938. The Hall–Kier alpha value is -2.53. The van der Waals surface area contributed by atoms with E-state index in [2.05, 4.69) is 46.5 Å². The van der Waals surface area contributed by atoms with E-state index in [1.54, 1.807) is 17.5 Å². The standard InChI is InChI=1S/C20H21N3OS/c1-2-3-5-15-7-9-16(10-8-15)19(18-6-4-13-25-18)23-20(24)17-14-21-11-12-22-17/h4,6-14,19H,2-3,5H2,1H3,(H,23,24). The van der Waals surface area contributed by atoms with E-state index in [-0.39, 0.29) is 11.9 Å². The third kappa shape index (κ3) is 4.51. The number of benzene rings is 1. The van der Waals surface area contributed by atoms with E-state index in [9.17, 15) is 4.79 Å². The molecule has 1 unspecified atom stereocenters. The lowest BCUT2D eigenvalue weighted by atomic mass is 10.0. The molecule has 5 heteroatoms. The van der Waals surface area contributed by atoms with E-state index >= 15 is 0 Å². The number of hydrogen-bond acceptors (Lipinski definition) is 4. The Bertz CT molecular complexity index is 786. The van der Waals surface area contributed by atoms with Crippen LogP contribution in [0.15, 0.2) is 60.4 Å². The maximum atomic E-state index is 12.5. The molecule has 0 saturated carbocycles. The van der Waals surface area contributed by atoms with Crippen molar-refractivity contribution in [3.8, 4) is 0 Å². The fourth-order valence-electron chi connectivity index (χ4n) is 2.65. The highest BCUT2D eigenvalue weighted by Gasteiger charge is 2.19. The minimum atomic E-state index is -0.221. The Labute approximate surface area is 152 Å². The molecule has 0 aliphatic rings. The molecule has 3 rings (SSSR count). The number of carbonyl (C=O) groups excluding carboxylic acids is 1. The molecule has 2 aromatic heterocycles. The topological polar surface area (TPSA) is 54.9 Å². The molecule has 0 spiro atoms. The number of nitrogens with one attached hydrogen (secondary N) is 1. The van der Waals surface area contributed by atoms with Gasteiger partial charge in [-0.05, 0) is 35.4 Å². The van der Waals surface area contributed by atoms with Gasteiger partial charge in [-0.15, -0.1) is 11.3 Å². The van der Waals surface area contributed by atoms with E-state index in [0.29, 0.717) is 5.69 Å². The Morgan fingerprint density at radius 3 is 2.68 bits per heavy atom. The van der Waals surface area contributed by atoms with Crippen molar-refractivity contribution >= 4 is 17.2 Å².